The fraction of sp³-hybridized carbons (Fsp3) is 0.688. The molecule has 1 aliphatic rings. The normalized spacial score (nSPS) is 25.7. The van der Waals surface area contributed by atoms with Crippen molar-refractivity contribution in [2.75, 3.05) is 6.61 Å². The zero-order valence-corrected chi connectivity index (χ0v) is 14.1. The second-order valence-corrected chi connectivity index (χ2v) is 6.65. The molecule has 0 saturated heterocycles. The lowest BCUT2D eigenvalue weighted by Gasteiger charge is -2.58. The van der Waals surface area contributed by atoms with Gasteiger partial charge < -0.3 is 15.2 Å². The lowest BCUT2D eigenvalue weighted by atomic mass is 9.54. The molecule has 1 amide bonds. The van der Waals surface area contributed by atoms with Crippen molar-refractivity contribution in [1.82, 2.24) is 15.1 Å². The minimum atomic E-state index is -1.27. The van der Waals surface area contributed by atoms with Crippen LogP contribution in [0.15, 0.2) is 12.4 Å². The number of aryl methyl sites for hydroxylation is 2. The Kier molecular flexibility index (Phi) is 4.79. The topological polar surface area (TPSA) is 93.5 Å². The van der Waals surface area contributed by atoms with Crippen molar-refractivity contribution in [3.05, 3.63) is 18.0 Å². The molecule has 0 radical (unpaired) electrons. The van der Waals surface area contributed by atoms with Crippen LogP contribution < -0.4 is 5.32 Å². The molecule has 2 N–H and O–H groups in total. The van der Waals surface area contributed by atoms with Gasteiger partial charge in [-0.1, -0.05) is 13.8 Å². The number of carbonyl (C=O) groups is 2. The number of amides is 1. The van der Waals surface area contributed by atoms with Gasteiger partial charge in [-0.05, 0) is 18.9 Å². The number of nitrogens with one attached hydrogen (secondary N) is 1. The molecule has 7 heteroatoms. The monoisotopic (exact) mass is 323 g/mol. The van der Waals surface area contributed by atoms with E-state index in [2.05, 4.69) is 10.4 Å². The van der Waals surface area contributed by atoms with E-state index < -0.39 is 16.9 Å². The summed E-state index contributed by atoms with van der Waals surface area (Å²) < 4.78 is 7.26. The highest BCUT2D eigenvalue weighted by atomic mass is 16.5. The van der Waals surface area contributed by atoms with Crippen LogP contribution in [0.4, 0.5) is 0 Å². The van der Waals surface area contributed by atoms with Gasteiger partial charge in [0, 0.05) is 38.1 Å². The number of ether oxygens (including phenoxy) is 1. The fourth-order valence-electron chi connectivity index (χ4n) is 3.20. The molecule has 2 atom stereocenters. The van der Waals surface area contributed by atoms with E-state index in [1.807, 2.05) is 34.0 Å². The largest absolute Gasteiger partial charge is 0.479 e. The summed E-state index contributed by atoms with van der Waals surface area (Å²) in [6.07, 6.45) is 4.45. The average Bonchev–Trinajstić information content (AvgIpc) is 2.89. The predicted octanol–water partition coefficient (Wildman–Crippen LogP) is 1.13. The number of rotatable bonds is 7. The minimum Gasteiger partial charge on any atom is -0.479 e. The molecule has 2 rings (SSSR count). The summed E-state index contributed by atoms with van der Waals surface area (Å²) in [7, 11) is 1.81. The first kappa shape index (κ1) is 17.5. The van der Waals surface area contributed by atoms with Gasteiger partial charge >= 0.3 is 5.97 Å². The van der Waals surface area contributed by atoms with Gasteiger partial charge in [-0.25, -0.2) is 4.79 Å². The van der Waals surface area contributed by atoms with E-state index in [0.717, 1.165) is 5.56 Å². The minimum absolute atomic E-state index is 0.165. The first-order valence-corrected chi connectivity index (χ1v) is 7.86. The van der Waals surface area contributed by atoms with Gasteiger partial charge in [0.1, 0.15) is 5.54 Å². The molecule has 0 spiro atoms. The molecule has 23 heavy (non-hydrogen) atoms. The van der Waals surface area contributed by atoms with Gasteiger partial charge in [0.2, 0.25) is 5.91 Å². The second-order valence-electron chi connectivity index (χ2n) is 6.65. The first-order chi connectivity index (χ1) is 10.7. The predicted molar refractivity (Wildman–Crippen MR) is 83.9 cm³/mol. The van der Waals surface area contributed by atoms with Crippen LogP contribution in [0.25, 0.3) is 0 Å². The van der Waals surface area contributed by atoms with Gasteiger partial charge in [-0.2, -0.15) is 5.10 Å². The van der Waals surface area contributed by atoms with Crippen molar-refractivity contribution in [3.8, 4) is 0 Å². The molecule has 1 saturated carbocycles. The van der Waals surface area contributed by atoms with Crippen molar-refractivity contribution in [2.24, 2.45) is 12.5 Å². The molecule has 7 nitrogen and oxygen atoms in total. The van der Waals surface area contributed by atoms with E-state index >= 15 is 0 Å². The molecule has 0 aliphatic heterocycles. The zero-order valence-electron chi connectivity index (χ0n) is 14.1. The Bertz CT molecular complexity index is 596. The molecule has 1 heterocycles. The number of hydrogen-bond acceptors (Lipinski definition) is 4. The Hall–Kier alpha value is -1.89. The second kappa shape index (κ2) is 6.31. The van der Waals surface area contributed by atoms with Crippen LogP contribution in [0.3, 0.4) is 0 Å². The summed E-state index contributed by atoms with van der Waals surface area (Å²) in [5.74, 6) is -1.27. The molecule has 0 bridgehead atoms. The summed E-state index contributed by atoms with van der Waals surface area (Å²) in [5, 5.41) is 16.5. The maximum Gasteiger partial charge on any atom is 0.330 e. The lowest BCUT2D eigenvalue weighted by molar-refractivity contribution is -0.194. The Morgan fingerprint density at radius 1 is 1.52 bits per heavy atom. The van der Waals surface area contributed by atoms with E-state index in [9.17, 15) is 14.7 Å². The van der Waals surface area contributed by atoms with Crippen molar-refractivity contribution < 1.29 is 19.4 Å². The average molecular weight is 323 g/mol. The highest BCUT2D eigenvalue weighted by Crippen LogP contribution is 2.51. The molecule has 128 valence electrons. The van der Waals surface area contributed by atoms with E-state index in [0.29, 0.717) is 19.4 Å². The van der Waals surface area contributed by atoms with Gasteiger partial charge in [-0.3, -0.25) is 9.48 Å². The van der Waals surface area contributed by atoms with Crippen LogP contribution in [0.5, 0.6) is 0 Å². The van der Waals surface area contributed by atoms with E-state index in [-0.39, 0.29) is 18.4 Å². The Balaban J connectivity index is 2.00. The molecule has 0 aromatic carbocycles. The maximum absolute atomic E-state index is 12.2. The molecular weight excluding hydrogens is 298 g/mol. The molecular formula is C16H25N3O4. The number of carbonyl (C=O) groups excluding carboxylic acids is 1. The van der Waals surface area contributed by atoms with E-state index in [1.54, 1.807) is 10.9 Å². The van der Waals surface area contributed by atoms with Crippen molar-refractivity contribution in [1.29, 1.82) is 0 Å². The van der Waals surface area contributed by atoms with Crippen LogP contribution in [-0.4, -0.2) is 45.0 Å². The van der Waals surface area contributed by atoms with E-state index in [1.165, 1.54) is 0 Å². The molecule has 2 unspecified atom stereocenters. The van der Waals surface area contributed by atoms with Crippen molar-refractivity contribution in [2.45, 2.75) is 51.7 Å². The van der Waals surface area contributed by atoms with Crippen LogP contribution in [-0.2, 0) is 27.8 Å². The highest BCUT2D eigenvalue weighted by Gasteiger charge is 2.66. The van der Waals surface area contributed by atoms with Crippen LogP contribution in [0.2, 0.25) is 0 Å². The summed E-state index contributed by atoms with van der Waals surface area (Å²) in [6, 6.07) is 0. The quantitative estimate of drug-likeness (QED) is 0.784. The molecule has 1 aromatic heterocycles. The zero-order chi connectivity index (χ0) is 17.3. The molecule has 1 fully saturated rings. The van der Waals surface area contributed by atoms with Crippen LogP contribution in [0, 0.1) is 5.41 Å². The summed E-state index contributed by atoms with van der Waals surface area (Å²) in [4.78, 5) is 24.0. The number of aromatic nitrogens is 2. The first-order valence-electron chi connectivity index (χ1n) is 7.86. The Morgan fingerprint density at radius 2 is 2.22 bits per heavy atom. The number of hydrogen-bond donors (Lipinski definition) is 2. The lowest BCUT2D eigenvalue weighted by Crippen LogP contribution is -2.76. The highest BCUT2D eigenvalue weighted by molar-refractivity contribution is 5.89. The van der Waals surface area contributed by atoms with Gasteiger partial charge in [0.15, 0.2) is 0 Å². The van der Waals surface area contributed by atoms with Crippen molar-refractivity contribution >= 4 is 11.9 Å². The summed E-state index contributed by atoms with van der Waals surface area (Å²) >= 11 is 0. The van der Waals surface area contributed by atoms with Crippen molar-refractivity contribution in [3.63, 3.8) is 0 Å². The Morgan fingerprint density at radius 3 is 2.70 bits per heavy atom. The number of nitrogens with zero attached hydrogens (tertiary/aromatic N) is 2. The SMILES string of the molecule is CCOC1CC(NC(=O)CCc2cnn(C)c2)(C(=O)O)C1(C)C. The standard InChI is InChI=1S/C16H25N3O4/c1-5-23-12-8-16(14(21)22,15(12,2)3)18-13(20)7-6-11-9-17-19(4)10-11/h9-10,12H,5-8H2,1-4H3,(H,18,20)(H,21,22). The molecule has 1 aromatic rings. The third-order valence-electron chi connectivity index (χ3n) is 4.88. The van der Waals surface area contributed by atoms with Gasteiger partial charge in [0.25, 0.3) is 0 Å². The molecule has 1 aliphatic carbocycles. The number of aliphatic carboxylic acids is 1. The number of carboxylic acids is 1. The third-order valence-corrected chi connectivity index (χ3v) is 4.88. The van der Waals surface area contributed by atoms with Crippen LogP contribution >= 0.6 is 0 Å². The fourth-order valence-corrected chi connectivity index (χ4v) is 3.20. The van der Waals surface area contributed by atoms with Gasteiger partial charge in [0.05, 0.1) is 12.3 Å². The van der Waals surface area contributed by atoms with Gasteiger partial charge in [-0.15, -0.1) is 0 Å². The maximum atomic E-state index is 12.2. The summed E-state index contributed by atoms with van der Waals surface area (Å²) in [5.41, 5.74) is -0.968. The van der Waals surface area contributed by atoms with Crippen LogP contribution in [0.1, 0.15) is 39.2 Å². The van der Waals surface area contributed by atoms with E-state index in [4.69, 9.17) is 4.74 Å². The smallest absolute Gasteiger partial charge is 0.330 e. The Labute approximate surface area is 136 Å². The summed E-state index contributed by atoms with van der Waals surface area (Å²) in [6.45, 7) is 6.06. The number of carboxylic acid groups (broad SMARTS) is 1. The third kappa shape index (κ3) is 3.10.